The number of aliphatic hydroxyl groups excluding tert-OH is 1. The Hall–Kier alpha value is -2.38. The van der Waals surface area contributed by atoms with Crippen molar-refractivity contribution in [3.63, 3.8) is 0 Å². The molecular weight excluding hydrogens is 332 g/mol. The first-order valence-electron chi connectivity index (χ1n) is 8.93. The number of carbonyl (C=O) groups excluding carboxylic acids is 1. The van der Waals surface area contributed by atoms with Gasteiger partial charge in [0.1, 0.15) is 12.2 Å². The maximum absolute atomic E-state index is 11.8. The van der Waals surface area contributed by atoms with Crippen LogP contribution in [-0.4, -0.2) is 58.0 Å². The third kappa shape index (κ3) is 3.32. The molecule has 1 fully saturated rings. The van der Waals surface area contributed by atoms with Crippen molar-refractivity contribution in [3.05, 3.63) is 41.7 Å². The molecule has 0 radical (unpaired) electrons. The first-order chi connectivity index (χ1) is 12.5. The molecule has 3 heterocycles. The topological polar surface area (TPSA) is 70.8 Å². The van der Waals surface area contributed by atoms with Crippen LogP contribution < -0.4 is 9.64 Å². The van der Waals surface area contributed by atoms with Crippen LogP contribution in [0.3, 0.4) is 0 Å². The number of β-amino-alcohol motifs (C(OH)–C–C–N with tert-alkyl or cyclic N) is 1. The van der Waals surface area contributed by atoms with E-state index in [0.717, 1.165) is 18.7 Å². The Kier molecular flexibility index (Phi) is 4.42. The van der Waals surface area contributed by atoms with Crippen molar-refractivity contribution in [1.82, 2.24) is 14.7 Å². The molecule has 2 aliphatic rings. The average molecular weight is 356 g/mol. The van der Waals surface area contributed by atoms with Gasteiger partial charge in [0.15, 0.2) is 5.75 Å². The standard InChI is InChI=1S/C19H24N4O3/c1-21-10-15(8-20-21)26-18-12-23(11-17(18)24)9-13-3-5-16-14(7-13)4-6-19(25)22(16)2/h3,5,7-8,10,17-18,24H,4,6,9,11-12H2,1-2H3/t17-,18-/m1/s1. The van der Waals surface area contributed by atoms with Crippen LogP contribution in [-0.2, 0) is 24.8 Å². The molecule has 0 saturated carbocycles. The maximum atomic E-state index is 11.8. The molecule has 1 N–H and O–H groups in total. The van der Waals surface area contributed by atoms with Crippen molar-refractivity contribution in [2.75, 3.05) is 25.0 Å². The van der Waals surface area contributed by atoms with Crippen molar-refractivity contribution in [3.8, 4) is 5.75 Å². The van der Waals surface area contributed by atoms with Crippen LogP contribution in [0.2, 0.25) is 0 Å². The number of carbonyl (C=O) groups is 1. The molecule has 138 valence electrons. The zero-order valence-electron chi connectivity index (χ0n) is 15.1. The molecule has 26 heavy (non-hydrogen) atoms. The van der Waals surface area contributed by atoms with E-state index in [0.29, 0.717) is 25.3 Å². The summed E-state index contributed by atoms with van der Waals surface area (Å²) >= 11 is 0. The summed E-state index contributed by atoms with van der Waals surface area (Å²) in [5, 5.41) is 14.4. The van der Waals surface area contributed by atoms with Crippen molar-refractivity contribution in [1.29, 1.82) is 0 Å². The summed E-state index contributed by atoms with van der Waals surface area (Å²) in [7, 11) is 3.67. The van der Waals surface area contributed by atoms with Gasteiger partial charge in [-0.1, -0.05) is 12.1 Å². The molecule has 7 heteroatoms. The fraction of sp³-hybridized carbons (Fsp3) is 0.474. The molecule has 1 saturated heterocycles. The molecule has 0 bridgehead atoms. The molecule has 7 nitrogen and oxygen atoms in total. The number of aliphatic hydroxyl groups is 1. The van der Waals surface area contributed by atoms with Gasteiger partial charge in [0.25, 0.3) is 0 Å². The van der Waals surface area contributed by atoms with E-state index in [9.17, 15) is 9.90 Å². The van der Waals surface area contributed by atoms with E-state index in [1.165, 1.54) is 11.1 Å². The number of hydrogen-bond donors (Lipinski definition) is 1. The molecule has 0 unspecified atom stereocenters. The third-order valence-corrected chi connectivity index (χ3v) is 5.17. The zero-order chi connectivity index (χ0) is 18.3. The molecular formula is C19H24N4O3. The number of anilines is 1. The first kappa shape index (κ1) is 17.1. The van der Waals surface area contributed by atoms with E-state index in [1.54, 1.807) is 22.0 Å². The summed E-state index contributed by atoms with van der Waals surface area (Å²) in [6.07, 6.45) is 4.06. The van der Waals surface area contributed by atoms with E-state index in [-0.39, 0.29) is 12.0 Å². The average Bonchev–Trinajstić information content (AvgIpc) is 3.17. The molecule has 2 aliphatic heterocycles. The minimum Gasteiger partial charge on any atom is -0.483 e. The lowest BCUT2D eigenvalue weighted by Gasteiger charge is -2.26. The number of fused-ring (bicyclic) bond motifs is 1. The van der Waals surface area contributed by atoms with Gasteiger partial charge in [0.2, 0.25) is 5.91 Å². The number of aromatic nitrogens is 2. The molecule has 2 aromatic rings. The third-order valence-electron chi connectivity index (χ3n) is 5.17. The number of hydrogen-bond acceptors (Lipinski definition) is 5. The number of rotatable bonds is 4. The van der Waals surface area contributed by atoms with Gasteiger partial charge in [0.05, 0.1) is 12.4 Å². The van der Waals surface area contributed by atoms with Gasteiger partial charge in [-0.05, 0) is 23.6 Å². The highest BCUT2D eigenvalue weighted by Gasteiger charge is 2.33. The van der Waals surface area contributed by atoms with E-state index in [4.69, 9.17) is 4.74 Å². The molecule has 2 atom stereocenters. The van der Waals surface area contributed by atoms with Crippen molar-refractivity contribution < 1.29 is 14.6 Å². The van der Waals surface area contributed by atoms with Crippen LogP contribution >= 0.6 is 0 Å². The van der Waals surface area contributed by atoms with Gasteiger partial charge in [-0.3, -0.25) is 14.4 Å². The quantitative estimate of drug-likeness (QED) is 0.883. The monoisotopic (exact) mass is 356 g/mol. The fourth-order valence-corrected chi connectivity index (χ4v) is 3.78. The van der Waals surface area contributed by atoms with E-state index < -0.39 is 6.10 Å². The lowest BCUT2D eigenvalue weighted by molar-refractivity contribution is -0.118. The summed E-state index contributed by atoms with van der Waals surface area (Å²) in [6, 6.07) is 6.27. The van der Waals surface area contributed by atoms with Gasteiger partial charge < -0.3 is 14.7 Å². The molecule has 0 aliphatic carbocycles. The molecule has 4 rings (SSSR count). The Bertz CT molecular complexity index is 819. The highest BCUT2D eigenvalue weighted by atomic mass is 16.5. The summed E-state index contributed by atoms with van der Waals surface area (Å²) in [6.45, 7) is 2.01. The maximum Gasteiger partial charge on any atom is 0.227 e. The van der Waals surface area contributed by atoms with E-state index in [1.807, 2.05) is 20.2 Å². The van der Waals surface area contributed by atoms with Crippen molar-refractivity contribution in [2.24, 2.45) is 7.05 Å². The minimum absolute atomic E-state index is 0.170. The second kappa shape index (κ2) is 6.74. The van der Waals surface area contributed by atoms with Gasteiger partial charge in [0, 0.05) is 45.8 Å². The SMILES string of the molecule is CN1C(=O)CCc2cc(CN3C[C@@H](O)[C@H](Oc4cnn(C)c4)C3)ccc21. The smallest absolute Gasteiger partial charge is 0.227 e. The number of amides is 1. The lowest BCUT2D eigenvalue weighted by atomic mass is 9.99. The first-order valence-corrected chi connectivity index (χ1v) is 8.93. The fourth-order valence-electron chi connectivity index (χ4n) is 3.78. The number of likely N-dealkylation sites (tertiary alicyclic amines) is 1. The summed E-state index contributed by atoms with van der Waals surface area (Å²) in [5.74, 6) is 0.850. The van der Waals surface area contributed by atoms with Crippen LogP contribution in [0.4, 0.5) is 5.69 Å². The molecule has 1 amide bonds. The molecule has 1 aromatic heterocycles. The van der Waals surface area contributed by atoms with Crippen LogP contribution in [0.15, 0.2) is 30.6 Å². The van der Waals surface area contributed by atoms with Gasteiger partial charge in [-0.2, -0.15) is 5.10 Å². The van der Waals surface area contributed by atoms with Crippen LogP contribution in [0.25, 0.3) is 0 Å². The Morgan fingerprint density at radius 3 is 2.88 bits per heavy atom. The molecule has 1 aromatic carbocycles. The number of ether oxygens (including phenoxy) is 1. The Morgan fingerprint density at radius 2 is 2.12 bits per heavy atom. The number of nitrogens with zero attached hydrogens (tertiary/aromatic N) is 4. The Labute approximate surface area is 152 Å². The summed E-state index contributed by atoms with van der Waals surface area (Å²) in [5.41, 5.74) is 3.41. The largest absolute Gasteiger partial charge is 0.483 e. The van der Waals surface area contributed by atoms with Crippen molar-refractivity contribution >= 4 is 11.6 Å². The predicted molar refractivity (Wildman–Crippen MR) is 97.1 cm³/mol. The summed E-state index contributed by atoms with van der Waals surface area (Å²) in [4.78, 5) is 15.7. The van der Waals surface area contributed by atoms with Gasteiger partial charge in [-0.25, -0.2) is 0 Å². The Morgan fingerprint density at radius 1 is 1.27 bits per heavy atom. The minimum atomic E-state index is -0.517. The number of aryl methyl sites for hydroxylation is 2. The second-order valence-corrected chi connectivity index (χ2v) is 7.18. The number of benzene rings is 1. The zero-order valence-corrected chi connectivity index (χ0v) is 15.1. The molecule has 0 spiro atoms. The van der Waals surface area contributed by atoms with Gasteiger partial charge in [-0.15, -0.1) is 0 Å². The lowest BCUT2D eigenvalue weighted by Crippen LogP contribution is -2.31. The van der Waals surface area contributed by atoms with Crippen molar-refractivity contribution in [2.45, 2.75) is 31.6 Å². The van der Waals surface area contributed by atoms with E-state index >= 15 is 0 Å². The Balaban J connectivity index is 1.41. The highest BCUT2D eigenvalue weighted by molar-refractivity contribution is 5.95. The highest BCUT2D eigenvalue weighted by Crippen LogP contribution is 2.28. The van der Waals surface area contributed by atoms with E-state index in [2.05, 4.69) is 22.1 Å². The van der Waals surface area contributed by atoms with Crippen LogP contribution in [0, 0.1) is 0 Å². The predicted octanol–water partition coefficient (Wildman–Crippen LogP) is 0.953. The second-order valence-electron chi connectivity index (χ2n) is 7.18. The van der Waals surface area contributed by atoms with Gasteiger partial charge >= 0.3 is 0 Å². The summed E-state index contributed by atoms with van der Waals surface area (Å²) < 4.78 is 7.56. The van der Waals surface area contributed by atoms with Crippen LogP contribution in [0.5, 0.6) is 5.75 Å². The normalized spacial score (nSPS) is 23.3. The van der Waals surface area contributed by atoms with Crippen LogP contribution in [0.1, 0.15) is 17.5 Å².